The Morgan fingerprint density at radius 2 is 1.79 bits per heavy atom. The number of hydrogen-bond donors (Lipinski definition) is 2. The van der Waals surface area contributed by atoms with Crippen molar-refractivity contribution in [2.75, 3.05) is 18.1 Å². The fourth-order valence-electron chi connectivity index (χ4n) is 3.41. The largest absolute Gasteiger partial charge is 0.496 e. The summed E-state index contributed by atoms with van der Waals surface area (Å²) >= 11 is 0. The van der Waals surface area contributed by atoms with Gasteiger partial charge in [-0.15, -0.1) is 0 Å². The Labute approximate surface area is 196 Å². The molecule has 180 valence electrons. The summed E-state index contributed by atoms with van der Waals surface area (Å²) in [6.45, 7) is 6.00. The first kappa shape index (κ1) is 25.0. The topological polar surface area (TPSA) is 110 Å². The first-order valence-electron chi connectivity index (χ1n) is 10.3. The first-order valence-corrected chi connectivity index (χ1v) is 12.2. The molecule has 0 aliphatic rings. The summed E-state index contributed by atoms with van der Waals surface area (Å²) in [6, 6.07) is 8.91. The predicted octanol–water partition coefficient (Wildman–Crippen LogP) is 3.51. The van der Waals surface area contributed by atoms with Gasteiger partial charge in [0.1, 0.15) is 11.6 Å². The Kier molecular flexibility index (Phi) is 6.83. The molecule has 0 fully saturated rings. The molecule has 0 saturated carbocycles. The molecule has 2 aromatic carbocycles. The van der Waals surface area contributed by atoms with Crippen molar-refractivity contribution in [2.45, 2.75) is 26.2 Å². The molecule has 3 rings (SSSR count). The number of aromatic amines is 1. The zero-order chi connectivity index (χ0) is 25.3. The Balaban J connectivity index is 2.13. The molecule has 0 aliphatic carbocycles. The van der Waals surface area contributed by atoms with Crippen LogP contribution in [0.3, 0.4) is 0 Å². The molecule has 1 heterocycles. The Morgan fingerprint density at radius 3 is 2.35 bits per heavy atom. The molecule has 34 heavy (non-hydrogen) atoms. The van der Waals surface area contributed by atoms with Crippen molar-refractivity contribution < 1.29 is 17.5 Å². The smallest absolute Gasteiger partial charge is 0.332 e. The Bertz CT molecular complexity index is 1480. The Morgan fingerprint density at radius 1 is 1.09 bits per heavy atom. The van der Waals surface area contributed by atoms with Crippen molar-refractivity contribution >= 4 is 27.9 Å². The van der Waals surface area contributed by atoms with E-state index in [4.69, 9.17) is 4.74 Å². The molecule has 0 bridgehead atoms. The summed E-state index contributed by atoms with van der Waals surface area (Å²) in [4.78, 5) is 26.1. The highest BCUT2D eigenvalue weighted by molar-refractivity contribution is 7.92. The lowest BCUT2D eigenvalue weighted by Gasteiger charge is -2.25. The molecule has 0 radical (unpaired) electrons. The van der Waals surface area contributed by atoms with E-state index in [0.29, 0.717) is 22.6 Å². The van der Waals surface area contributed by atoms with E-state index < -0.39 is 27.1 Å². The van der Waals surface area contributed by atoms with Crippen LogP contribution in [0.5, 0.6) is 5.75 Å². The molecule has 0 spiro atoms. The van der Waals surface area contributed by atoms with E-state index in [2.05, 4.69) is 9.71 Å². The van der Waals surface area contributed by atoms with Crippen LogP contribution in [0.15, 0.2) is 52.2 Å². The van der Waals surface area contributed by atoms with Gasteiger partial charge in [0.2, 0.25) is 10.0 Å². The standard InChI is InChI=1S/C24H26FN3O5S/c1-24(2,3)18-14-17(28-11-10-21(29)26-23(28)30)13-16(22(18)33-4)8-6-15-7-9-20(19(25)12-15)27-34(5,31)32/h6-14,27H,1-5H3,(H,26,29,30). The highest BCUT2D eigenvalue weighted by Gasteiger charge is 2.22. The average molecular weight is 488 g/mol. The van der Waals surface area contributed by atoms with Crippen LogP contribution in [-0.4, -0.2) is 31.3 Å². The van der Waals surface area contributed by atoms with Gasteiger partial charge < -0.3 is 4.74 Å². The van der Waals surface area contributed by atoms with Crippen LogP contribution in [-0.2, 0) is 15.4 Å². The number of ether oxygens (including phenoxy) is 1. The van der Waals surface area contributed by atoms with Gasteiger partial charge in [0.15, 0.2) is 0 Å². The number of hydrogen-bond acceptors (Lipinski definition) is 5. The second-order valence-corrected chi connectivity index (χ2v) is 10.5. The molecule has 0 aliphatic heterocycles. The second-order valence-electron chi connectivity index (χ2n) is 8.79. The van der Waals surface area contributed by atoms with E-state index in [9.17, 15) is 22.4 Å². The van der Waals surface area contributed by atoms with Crippen molar-refractivity contribution in [3.05, 3.63) is 85.9 Å². The van der Waals surface area contributed by atoms with E-state index in [1.807, 2.05) is 26.8 Å². The SMILES string of the molecule is COc1c(C=Cc2ccc(NS(C)(=O)=O)c(F)c2)cc(-n2ccc(=O)[nH]c2=O)cc1C(C)(C)C. The van der Waals surface area contributed by atoms with E-state index in [1.54, 1.807) is 31.4 Å². The molecule has 0 saturated heterocycles. The second kappa shape index (κ2) is 9.30. The van der Waals surface area contributed by atoms with Crippen LogP contribution < -0.4 is 20.7 Å². The number of anilines is 1. The third kappa shape index (κ3) is 5.82. The minimum atomic E-state index is -3.61. The highest BCUT2D eigenvalue weighted by Crippen LogP contribution is 2.37. The van der Waals surface area contributed by atoms with Gasteiger partial charge in [0.05, 0.1) is 24.7 Å². The summed E-state index contributed by atoms with van der Waals surface area (Å²) in [6.07, 6.45) is 5.70. The van der Waals surface area contributed by atoms with Gasteiger partial charge in [-0.3, -0.25) is 19.1 Å². The molecule has 10 heteroatoms. The van der Waals surface area contributed by atoms with E-state index >= 15 is 0 Å². The maximum absolute atomic E-state index is 14.4. The van der Waals surface area contributed by atoms with Crippen LogP contribution in [0.1, 0.15) is 37.5 Å². The van der Waals surface area contributed by atoms with Crippen LogP contribution in [0.4, 0.5) is 10.1 Å². The molecule has 0 atom stereocenters. The number of rotatable bonds is 6. The lowest BCUT2D eigenvalue weighted by molar-refractivity contribution is 0.396. The summed E-state index contributed by atoms with van der Waals surface area (Å²) in [5.74, 6) is -0.135. The molecule has 2 N–H and O–H groups in total. The van der Waals surface area contributed by atoms with Crippen LogP contribution in [0.25, 0.3) is 17.8 Å². The third-order valence-electron chi connectivity index (χ3n) is 4.96. The van der Waals surface area contributed by atoms with Gasteiger partial charge in [-0.2, -0.15) is 0 Å². The quantitative estimate of drug-likeness (QED) is 0.517. The van der Waals surface area contributed by atoms with Crippen LogP contribution >= 0.6 is 0 Å². The highest BCUT2D eigenvalue weighted by atomic mass is 32.2. The van der Waals surface area contributed by atoms with E-state index in [0.717, 1.165) is 11.8 Å². The molecule has 1 aromatic heterocycles. The van der Waals surface area contributed by atoms with E-state index in [-0.39, 0.29) is 11.1 Å². The molecular formula is C24H26FN3O5S. The number of methoxy groups -OCH3 is 1. The van der Waals surface area contributed by atoms with Gasteiger partial charge in [0, 0.05) is 23.4 Å². The van der Waals surface area contributed by atoms with Gasteiger partial charge in [0.25, 0.3) is 5.56 Å². The van der Waals surface area contributed by atoms with Crippen molar-refractivity contribution in [1.82, 2.24) is 9.55 Å². The lowest BCUT2D eigenvalue weighted by Crippen LogP contribution is -2.28. The molecular weight excluding hydrogens is 461 g/mol. The van der Waals surface area contributed by atoms with Crippen LogP contribution in [0.2, 0.25) is 0 Å². The number of benzene rings is 2. The van der Waals surface area contributed by atoms with Gasteiger partial charge >= 0.3 is 5.69 Å². The minimum absolute atomic E-state index is 0.147. The zero-order valence-electron chi connectivity index (χ0n) is 19.5. The number of sulfonamides is 1. The molecule has 3 aromatic rings. The van der Waals surface area contributed by atoms with Gasteiger partial charge in [-0.05, 0) is 35.2 Å². The van der Waals surface area contributed by atoms with Crippen molar-refractivity contribution in [2.24, 2.45) is 0 Å². The zero-order valence-corrected chi connectivity index (χ0v) is 20.3. The lowest BCUT2D eigenvalue weighted by atomic mass is 9.84. The molecule has 8 nitrogen and oxygen atoms in total. The molecule has 0 amide bonds. The number of nitrogens with one attached hydrogen (secondary N) is 2. The summed E-state index contributed by atoms with van der Waals surface area (Å²) in [7, 11) is -2.07. The summed E-state index contributed by atoms with van der Waals surface area (Å²) < 4.78 is 46.3. The maximum Gasteiger partial charge on any atom is 0.332 e. The minimum Gasteiger partial charge on any atom is -0.496 e. The number of nitrogens with zero attached hydrogens (tertiary/aromatic N) is 1. The number of aromatic nitrogens is 2. The van der Waals surface area contributed by atoms with E-state index in [1.165, 1.54) is 29.0 Å². The monoisotopic (exact) mass is 487 g/mol. The number of H-pyrrole nitrogens is 1. The summed E-state index contributed by atoms with van der Waals surface area (Å²) in [5, 5.41) is 0. The van der Waals surface area contributed by atoms with Crippen molar-refractivity contribution in [1.29, 1.82) is 0 Å². The van der Waals surface area contributed by atoms with Crippen molar-refractivity contribution in [3.8, 4) is 11.4 Å². The van der Waals surface area contributed by atoms with Crippen molar-refractivity contribution in [3.63, 3.8) is 0 Å². The Hall–Kier alpha value is -3.66. The summed E-state index contributed by atoms with van der Waals surface area (Å²) in [5.41, 5.74) is 0.886. The predicted molar refractivity (Wildman–Crippen MR) is 132 cm³/mol. The maximum atomic E-state index is 14.4. The van der Waals surface area contributed by atoms with Gasteiger partial charge in [-0.1, -0.05) is 39.0 Å². The third-order valence-corrected chi connectivity index (χ3v) is 5.55. The fourth-order valence-corrected chi connectivity index (χ4v) is 3.97. The average Bonchev–Trinajstić information content (AvgIpc) is 2.72. The first-order chi connectivity index (χ1) is 15.8. The molecule has 0 unspecified atom stereocenters. The van der Waals surface area contributed by atoms with Gasteiger partial charge in [-0.25, -0.2) is 17.6 Å². The van der Waals surface area contributed by atoms with Crippen LogP contribution in [0, 0.1) is 5.82 Å². The fraction of sp³-hybridized carbons (Fsp3) is 0.250. The normalized spacial score (nSPS) is 12.2. The number of halogens is 1.